The molecular formula is C24H27FN6S2. The van der Waals surface area contributed by atoms with E-state index in [4.69, 9.17) is 0 Å². The van der Waals surface area contributed by atoms with Crippen LogP contribution < -0.4 is 10.6 Å². The Labute approximate surface area is 201 Å². The number of halogens is 1. The van der Waals surface area contributed by atoms with Gasteiger partial charge in [-0.3, -0.25) is 4.98 Å². The Bertz CT molecular complexity index is 1200. The standard InChI is InChI=1S/C22H23FN6S2.C2H4/c1-5-20-27-14(4)21(31-20)18-11-30-22(28-18)29-19-10-24-17(9-25-19)13(3)26-16-7-6-12(2)8-15(16)23;1-2/h6-11,13,26H,5H2,1-4H3,(H,25,28,29);1-2H2. The summed E-state index contributed by atoms with van der Waals surface area (Å²) in [6.07, 6.45) is 4.27. The van der Waals surface area contributed by atoms with Crippen LogP contribution in [0.1, 0.15) is 41.8 Å². The molecule has 3 aromatic heterocycles. The minimum Gasteiger partial charge on any atom is -0.375 e. The van der Waals surface area contributed by atoms with Crippen molar-refractivity contribution in [1.29, 1.82) is 0 Å². The van der Waals surface area contributed by atoms with Crippen molar-refractivity contribution in [3.8, 4) is 10.6 Å². The molecule has 1 unspecified atom stereocenters. The highest BCUT2D eigenvalue weighted by atomic mass is 32.1. The first-order valence-corrected chi connectivity index (χ1v) is 12.2. The van der Waals surface area contributed by atoms with E-state index in [1.54, 1.807) is 29.8 Å². The van der Waals surface area contributed by atoms with Gasteiger partial charge < -0.3 is 10.6 Å². The van der Waals surface area contributed by atoms with E-state index in [-0.39, 0.29) is 11.9 Å². The van der Waals surface area contributed by atoms with E-state index in [1.807, 2.05) is 32.2 Å². The Hall–Kier alpha value is -3.17. The number of hydrogen-bond acceptors (Lipinski definition) is 8. The van der Waals surface area contributed by atoms with Crippen molar-refractivity contribution in [3.63, 3.8) is 0 Å². The molecule has 9 heteroatoms. The lowest BCUT2D eigenvalue weighted by molar-refractivity contribution is 0.625. The molecule has 0 fully saturated rings. The molecule has 1 atom stereocenters. The van der Waals surface area contributed by atoms with Gasteiger partial charge >= 0.3 is 0 Å². The van der Waals surface area contributed by atoms with Gasteiger partial charge in [0.15, 0.2) is 10.9 Å². The van der Waals surface area contributed by atoms with E-state index < -0.39 is 0 Å². The predicted molar refractivity (Wildman–Crippen MR) is 137 cm³/mol. The smallest absolute Gasteiger partial charge is 0.188 e. The Morgan fingerprint density at radius 3 is 2.55 bits per heavy atom. The Morgan fingerprint density at radius 2 is 1.91 bits per heavy atom. The van der Waals surface area contributed by atoms with Crippen LogP contribution in [-0.2, 0) is 6.42 Å². The lowest BCUT2D eigenvalue weighted by Crippen LogP contribution is -2.10. The highest BCUT2D eigenvalue weighted by molar-refractivity contribution is 7.16. The van der Waals surface area contributed by atoms with Crippen molar-refractivity contribution < 1.29 is 4.39 Å². The fraction of sp³-hybridized carbons (Fsp3) is 0.250. The highest BCUT2D eigenvalue weighted by Crippen LogP contribution is 2.33. The molecule has 0 saturated heterocycles. The van der Waals surface area contributed by atoms with Crippen LogP contribution in [0, 0.1) is 19.7 Å². The predicted octanol–water partition coefficient (Wildman–Crippen LogP) is 7.09. The second-order valence-electron chi connectivity index (χ2n) is 7.21. The molecule has 0 saturated carbocycles. The fourth-order valence-electron chi connectivity index (χ4n) is 3.06. The van der Waals surface area contributed by atoms with E-state index in [1.165, 1.54) is 17.4 Å². The van der Waals surface area contributed by atoms with Crippen molar-refractivity contribution in [2.45, 2.75) is 40.2 Å². The van der Waals surface area contributed by atoms with Gasteiger partial charge in [-0.05, 0) is 44.9 Å². The lowest BCUT2D eigenvalue weighted by Gasteiger charge is -2.15. The summed E-state index contributed by atoms with van der Waals surface area (Å²) in [5.41, 5.74) is 3.98. The summed E-state index contributed by atoms with van der Waals surface area (Å²) < 4.78 is 14.1. The van der Waals surface area contributed by atoms with Crippen LogP contribution in [0.2, 0.25) is 0 Å². The Balaban J connectivity index is 0.00000149. The minimum atomic E-state index is -0.278. The van der Waals surface area contributed by atoms with Crippen molar-refractivity contribution in [3.05, 3.63) is 76.9 Å². The minimum absolute atomic E-state index is 0.188. The van der Waals surface area contributed by atoms with Crippen LogP contribution in [0.4, 0.5) is 21.0 Å². The third kappa shape index (κ3) is 6.00. The highest BCUT2D eigenvalue weighted by Gasteiger charge is 2.14. The normalized spacial score (nSPS) is 11.4. The summed E-state index contributed by atoms with van der Waals surface area (Å²) in [7, 11) is 0. The van der Waals surface area contributed by atoms with Crippen LogP contribution in [0.5, 0.6) is 0 Å². The number of hydrogen-bond donors (Lipinski definition) is 2. The Morgan fingerprint density at radius 1 is 1.12 bits per heavy atom. The van der Waals surface area contributed by atoms with Gasteiger partial charge in [0.25, 0.3) is 0 Å². The van der Waals surface area contributed by atoms with Crippen molar-refractivity contribution in [1.82, 2.24) is 19.9 Å². The van der Waals surface area contributed by atoms with Crippen LogP contribution >= 0.6 is 22.7 Å². The molecular weight excluding hydrogens is 455 g/mol. The molecule has 3 heterocycles. The van der Waals surface area contributed by atoms with E-state index in [2.05, 4.69) is 50.7 Å². The number of nitrogens with one attached hydrogen (secondary N) is 2. The van der Waals surface area contributed by atoms with E-state index >= 15 is 0 Å². The maximum absolute atomic E-state index is 14.1. The molecule has 0 aliphatic rings. The largest absolute Gasteiger partial charge is 0.375 e. The molecule has 2 N–H and O–H groups in total. The summed E-state index contributed by atoms with van der Waals surface area (Å²) in [5, 5.41) is 10.2. The summed E-state index contributed by atoms with van der Waals surface area (Å²) in [6, 6.07) is 4.93. The average molecular weight is 483 g/mol. The average Bonchev–Trinajstić information content (AvgIpc) is 3.43. The first-order valence-electron chi connectivity index (χ1n) is 10.5. The number of anilines is 3. The molecule has 0 radical (unpaired) electrons. The maximum atomic E-state index is 14.1. The number of nitrogens with zero attached hydrogens (tertiary/aromatic N) is 4. The third-order valence-electron chi connectivity index (χ3n) is 4.73. The summed E-state index contributed by atoms with van der Waals surface area (Å²) >= 11 is 3.20. The zero-order chi connectivity index (χ0) is 24.0. The zero-order valence-electron chi connectivity index (χ0n) is 19.1. The van der Waals surface area contributed by atoms with Gasteiger partial charge in [-0.1, -0.05) is 13.0 Å². The molecule has 4 aromatic rings. The topological polar surface area (TPSA) is 75.6 Å². The second-order valence-corrected chi connectivity index (χ2v) is 9.16. The van der Waals surface area contributed by atoms with Gasteiger partial charge in [0.05, 0.1) is 51.1 Å². The molecule has 0 aliphatic heterocycles. The molecule has 0 spiro atoms. The second kappa shape index (κ2) is 11.1. The molecule has 1 aromatic carbocycles. The summed E-state index contributed by atoms with van der Waals surface area (Å²) in [4.78, 5) is 19.3. The quantitative estimate of drug-likeness (QED) is 0.274. The molecule has 0 bridgehead atoms. The molecule has 0 amide bonds. The van der Waals surface area contributed by atoms with Crippen LogP contribution in [0.3, 0.4) is 0 Å². The van der Waals surface area contributed by atoms with Gasteiger partial charge in [0.1, 0.15) is 5.82 Å². The number of aryl methyl sites for hydroxylation is 3. The molecule has 172 valence electrons. The van der Waals surface area contributed by atoms with Gasteiger partial charge in [0, 0.05) is 5.38 Å². The van der Waals surface area contributed by atoms with Crippen molar-refractivity contribution in [2.24, 2.45) is 0 Å². The van der Waals surface area contributed by atoms with Gasteiger partial charge in [-0.15, -0.1) is 35.8 Å². The number of rotatable bonds is 7. The summed E-state index contributed by atoms with van der Waals surface area (Å²) in [5.74, 6) is 0.327. The lowest BCUT2D eigenvalue weighted by atomic mass is 10.2. The van der Waals surface area contributed by atoms with Gasteiger partial charge in [-0.25, -0.2) is 19.3 Å². The monoisotopic (exact) mass is 482 g/mol. The summed E-state index contributed by atoms with van der Waals surface area (Å²) in [6.45, 7) is 13.9. The number of aromatic nitrogens is 4. The number of benzene rings is 1. The fourth-order valence-corrected chi connectivity index (χ4v) is 4.80. The molecule has 4 rings (SSSR count). The van der Waals surface area contributed by atoms with Gasteiger partial charge in [-0.2, -0.15) is 0 Å². The van der Waals surface area contributed by atoms with Crippen molar-refractivity contribution in [2.75, 3.05) is 10.6 Å². The van der Waals surface area contributed by atoms with E-state index in [0.29, 0.717) is 11.5 Å². The molecule has 0 aliphatic carbocycles. The van der Waals surface area contributed by atoms with Crippen molar-refractivity contribution >= 4 is 39.3 Å². The first kappa shape index (κ1) is 24.5. The van der Waals surface area contributed by atoms with E-state index in [0.717, 1.165) is 44.1 Å². The molecule has 6 nitrogen and oxygen atoms in total. The SMILES string of the molecule is C=C.CCc1nc(C)c(-c2csc(Nc3cnc(C(C)Nc4ccc(C)cc4F)cn3)n2)s1. The molecule has 33 heavy (non-hydrogen) atoms. The van der Waals surface area contributed by atoms with E-state index in [9.17, 15) is 4.39 Å². The third-order valence-corrected chi connectivity index (χ3v) is 6.81. The van der Waals surface area contributed by atoms with Crippen LogP contribution in [0.15, 0.2) is 49.1 Å². The Kier molecular flexibility index (Phi) is 8.24. The zero-order valence-corrected chi connectivity index (χ0v) is 20.8. The number of thiazole rings is 2. The first-order chi connectivity index (χ1) is 15.9. The van der Waals surface area contributed by atoms with Gasteiger partial charge in [0.2, 0.25) is 0 Å². The maximum Gasteiger partial charge on any atom is 0.188 e. The van der Waals surface area contributed by atoms with Crippen LogP contribution in [0.25, 0.3) is 10.6 Å². The van der Waals surface area contributed by atoms with Crippen LogP contribution in [-0.4, -0.2) is 19.9 Å².